The van der Waals surface area contributed by atoms with Crippen LogP contribution < -0.4 is 11.1 Å². The summed E-state index contributed by atoms with van der Waals surface area (Å²) in [5, 5.41) is 3.87. The number of nitrogens with two attached hydrogens (primary N) is 1. The van der Waals surface area contributed by atoms with Crippen LogP contribution in [0.3, 0.4) is 0 Å². The Labute approximate surface area is 126 Å². The summed E-state index contributed by atoms with van der Waals surface area (Å²) in [6, 6.07) is 14.3. The van der Waals surface area contributed by atoms with Gasteiger partial charge in [-0.1, -0.05) is 30.3 Å². The Kier molecular flexibility index (Phi) is 3.68. The average Bonchev–Trinajstić information content (AvgIpc) is 2.86. The van der Waals surface area contributed by atoms with E-state index >= 15 is 0 Å². The zero-order valence-electron chi connectivity index (χ0n) is 11.5. The van der Waals surface area contributed by atoms with Crippen molar-refractivity contribution in [2.24, 2.45) is 5.73 Å². The van der Waals surface area contributed by atoms with Crippen molar-refractivity contribution in [2.45, 2.75) is 13.0 Å². The summed E-state index contributed by atoms with van der Waals surface area (Å²) in [4.78, 5) is 16.6. The molecule has 106 valence electrons. The number of fused-ring (bicyclic) bond motifs is 1. The highest BCUT2D eigenvalue weighted by Crippen LogP contribution is 2.25. The Balaban J connectivity index is 1.79. The monoisotopic (exact) mass is 297 g/mol. The highest BCUT2D eigenvalue weighted by Gasteiger charge is 2.15. The molecule has 1 atom stereocenters. The molecular formula is C16H15N3OS. The van der Waals surface area contributed by atoms with Crippen molar-refractivity contribution < 1.29 is 4.79 Å². The number of aromatic nitrogens is 1. The van der Waals surface area contributed by atoms with Gasteiger partial charge in [0.05, 0.1) is 15.2 Å². The van der Waals surface area contributed by atoms with Crippen molar-refractivity contribution in [3.05, 3.63) is 59.1 Å². The van der Waals surface area contributed by atoms with E-state index in [9.17, 15) is 4.79 Å². The van der Waals surface area contributed by atoms with Crippen LogP contribution in [0, 0.1) is 6.92 Å². The molecule has 0 bridgehead atoms. The second kappa shape index (κ2) is 5.63. The van der Waals surface area contributed by atoms with Crippen molar-refractivity contribution in [1.29, 1.82) is 0 Å². The molecule has 0 aliphatic heterocycles. The molecule has 1 amide bonds. The van der Waals surface area contributed by atoms with Crippen molar-refractivity contribution in [3.63, 3.8) is 0 Å². The van der Waals surface area contributed by atoms with Gasteiger partial charge in [0.2, 0.25) is 5.91 Å². The van der Waals surface area contributed by atoms with Crippen LogP contribution in [0.4, 0.5) is 5.69 Å². The second-order valence-electron chi connectivity index (χ2n) is 4.79. The zero-order valence-corrected chi connectivity index (χ0v) is 12.4. The maximum atomic E-state index is 12.2. The van der Waals surface area contributed by atoms with Crippen molar-refractivity contribution >= 4 is 33.1 Å². The molecule has 1 aromatic heterocycles. The van der Waals surface area contributed by atoms with Crippen LogP contribution >= 0.6 is 11.3 Å². The normalized spacial score (nSPS) is 12.3. The van der Waals surface area contributed by atoms with Crippen LogP contribution in [0.1, 0.15) is 16.6 Å². The fraction of sp³-hybridized carbons (Fsp3) is 0.125. The third-order valence-electron chi connectivity index (χ3n) is 3.20. The Bertz CT molecular complexity index is 783. The average molecular weight is 297 g/mol. The lowest BCUT2D eigenvalue weighted by molar-refractivity contribution is -0.117. The fourth-order valence-electron chi connectivity index (χ4n) is 2.15. The molecule has 0 spiro atoms. The number of carbonyl (C=O) groups is 1. The number of benzene rings is 2. The van der Waals surface area contributed by atoms with Crippen LogP contribution in [-0.4, -0.2) is 10.9 Å². The smallest absolute Gasteiger partial charge is 0.245 e. The molecule has 0 saturated heterocycles. The quantitative estimate of drug-likeness (QED) is 0.780. The molecule has 0 aliphatic rings. The third-order valence-corrected chi connectivity index (χ3v) is 4.14. The van der Waals surface area contributed by atoms with Crippen molar-refractivity contribution in [2.75, 3.05) is 5.32 Å². The van der Waals surface area contributed by atoms with Gasteiger partial charge in [-0.15, -0.1) is 11.3 Å². The van der Waals surface area contributed by atoms with Crippen LogP contribution in [-0.2, 0) is 4.79 Å². The molecule has 3 aromatic rings. The SMILES string of the molecule is Cc1nc2ccc(NC(=O)[C@H](N)c3ccccc3)cc2s1. The van der Waals surface area contributed by atoms with Gasteiger partial charge >= 0.3 is 0 Å². The predicted molar refractivity (Wildman–Crippen MR) is 86.4 cm³/mol. The van der Waals surface area contributed by atoms with E-state index in [-0.39, 0.29) is 5.91 Å². The number of thiazole rings is 1. The van der Waals surface area contributed by atoms with Crippen molar-refractivity contribution in [3.8, 4) is 0 Å². The molecule has 2 aromatic carbocycles. The number of amides is 1. The standard InChI is InChI=1S/C16H15N3OS/c1-10-18-13-8-7-12(9-14(13)21-10)19-16(20)15(17)11-5-3-2-4-6-11/h2-9,15H,17H2,1H3,(H,19,20)/t15-/m1/s1. The maximum absolute atomic E-state index is 12.2. The first-order valence-corrected chi connectivity index (χ1v) is 7.44. The lowest BCUT2D eigenvalue weighted by atomic mass is 10.1. The van der Waals surface area contributed by atoms with Gasteiger partial charge in [-0.05, 0) is 30.7 Å². The Hall–Kier alpha value is -2.24. The minimum Gasteiger partial charge on any atom is -0.324 e. The van der Waals surface area contributed by atoms with E-state index in [2.05, 4.69) is 10.3 Å². The fourth-order valence-corrected chi connectivity index (χ4v) is 3.02. The van der Waals surface area contributed by atoms with Crippen molar-refractivity contribution in [1.82, 2.24) is 4.98 Å². The molecule has 4 nitrogen and oxygen atoms in total. The van der Waals surface area contributed by atoms with Crippen LogP contribution in [0.2, 0.25) is 0 Å². The highest BCUT2D eigenvalue weighted by molar-refractivity contribution is 7.18. The number of hydrogen-bond donors (Lipinski definition) is 2. The first kappa shape index (κ1) is 13.7. The van der Waals surface area contributed by atoms with Gasteiger partial charge in [0.1, 0.15) is 6.04 Å². The van der Waals surface area contributed by atoms with E-state index in [4.69, 9.17) is 5.73 Å². The highest BCUT2D eigenvalue weighted by atomic mass is 32.1. The van der Waals surface area contributed by atoms with Gasteiger partial charge in [0.25, 0.3) is 0 Å². The van der Waals surface area contributed by atoms with Gasteiger partial charge in [0, 0.05) is 5.69 Å². The van der Waals surface area contributed by atoms with E-state index in [1.165, 1.54) is 0 Å². The summed E-state index contributed by atoms with van der Waals surface area (Å²) in [6.45, 7) is 1.97. The van der Waals surface area contributed by atoms with Gasteiger partial charge in [0.15, 0.2) is 0 Å². The number of carbonyl (C=O) groups excluding carboxylic acids is 1. The summed E-state index contributed by atoms with van der Waals surface area (Å²) < 4.78 is 1.05. The van der Waals surface area contributed by atoms with E-state index in [0.717, 1.165) is 26.5 Å². The lowest BCUT2D eigenvalue weighted by Gasteiger charge is -2.12. The Morgan fingerprint density at radius 3 is 2.76 bits per heavy atom. The van der Waals surface area contributed by atoms with Gasteiger partial charge < -0.3 is 11.1 Å². The number of aryl methyl sites for hydroxylation is 1. The predicted octanol–water partition coefficient (Wildman–Crippen LogP) is 3.24. The molecule has 5 heteroatoms. The molecule has 3 N–H and O–H groups in total. The largest absolute Gasteiger partial charge is 0.324 e. The number of nitrogens with one attached hydrogen (secondary N) is 1. The van der Waals surface area contributed by atoms with E-state index in [1.807, 2.05) is 55.5 Å². The number of hydrogen-bond acceptors (Lipinski definition) is 4. The lowest BCUT2D eigenvalue weighted by Crippen LogP contribution is -2.27. The molecule has 21 heavy (non-hydrogen) atoms. The minimum atomic E-state index is -0.676. The van der Waals surface area contributed by atoms with Crippen LogP contribution in [0.15, 0.2) is 48.5 Å². The van der Waals surface area contributed by atoms with E-state index < -0.39 is 6.04 Å². The second-order valence-corrected chi connectivity index (χ2v) is 6.03. The third kappa shape index (κ3) is 2.94. The van der Waals surface area contributed by atoms with E-state index in [1.54, 1.807) is 11.3 Å². The molecule has 0 unspecified atom stereocenters. The summed E-state index contributed by atoms with van der Waals surface area (Å²) in [5.74, 6) is -0.221. The molecule has 0 saturated carbocycles. The molecule has 1 heterocycles. The molecule has 0 aliphatic carbocycles. The summed E-state index contributed by atoms with van der Waals surface area (Å²) in [6.07, 6.45) is 0. The summed E-state index contributed by atoms with van der Waals surface area (Å²) in [5.41, 5.74) is 8.46. The summed E-state index contributed by atoms with van der Waals surface area (Å²) >= 11 is 1.60. The number of anilines is 1. The number of rotatable bonds is 3. The van der Waals surface area contributed by atoms with Gasteiger partial charge in [-0.25, -0.2) is 4.98 Å². The molecular weight excluding hydrogens is 282 g/mol. The molecule has 0 radical (unpaired) electrons. The molecule has 3 rings (SSSR count). The minimum absolute atomic E-state index is 0.221. The van der Waals surface area contributed by atoms with E-state index in [0.29, 0.717) is 0 Å². The molecule has 0 fully saturated rings. The summed E-state index contributed by atoms with van der Waals surface area (Å²) in [7, 11) is 0. The van der Waals surface area contributed by atoms with Crippen LogP contribution in [0.25, 0.3) is 10.2 Å². The van der Waals surface area contributed by atoms with Gasteiger partial charge in [-0.3, -0.25) is 4.79 Å². The Morgan fingerprint density at radius 2 is 2.00 bits per heavy atom. The first-order valence-electron chi connectivity index (χ1n) is 6.62. The number of nitrogens with zero attached hydrogens (tertiary/aromatic N) is 1. The van der Waals surface area contributed by atoms with Gasteiger partial charge in [-0.2, -0.15) is 0 Å². The van der Waals surface area contributed by atoms with Crippen LogP contribution in [0.5, 0.6) is 0 Å². The Morgan fingerprint density at radius 1 is 1.24 bits per heavy atom. The first-order chi connectivity index (χ1) is 10.1. The zero-order chi connectivity index (χ0) is 14.8. The topological polar surface area (TPSA) is 68.0 Å². The maximum Gasteiger partial charge on any atom is 0.245 e.